The van der Waals surface area contributed by atoms with E-state index < -0.39 is 21.6 Å². The van der Waals surface area contributed by atoms with Gasteiger partial charge < -0.3 is 28.0 Å². The molecule has 136 valence electrons. The van der Waals surface area contributed by atoms with E-state index in [-0.39, 0.29) is 5.57 Å². The summed E-state index contributed by atoms with van der Waals surface area (Å²) in [6.45, 7) is 6.99. The average Bonchev–Trinajstić information content (AvgIpc) is 2.37. The van der Waals surface area contributed by atoms with Crippen LogP contribution < -0.4 is 22.9 Å². The standard InChI is InChI=1S/C4H6O2.2C2H8N2.CHF3O3S/c1-3(2)4(5)6;2*3-1-2-4;2-1(3,4)8(5,6)7/h1H2,2H3,(H,5,6);2*1-4H2;(H,5,6,7). The largest absolute Gasteiger partial charge is 0.522 e. The molecule has 0 spiro atoms. The monoisotopic (exact) mass is 356 g/mol. The molecule has 0 bridgehead atoms. The molecule has 0 aromatic rings. The smallest absolute Gasteiger partial charge is 0.478 e. The second kappa shape index (κ2) is 16.1. The molecule has 0 atom stereocenters. The molecular formula is C9H23F3N4O5S. The molecule has 0 radical (unpaired) electrons. The first-order valence-corrected chi connectivity index (χ1v) is 6.89. The highest BCUT2D eigenvalue weighted by atomic mass is 32.2. The Bertz CT molecular complexity index is 367. The number of hydrogen-bond donors (Lipinski definition) is 6. The number of alkyl halides is 3. The number of hydrogen-bond acceptors (Lipinski definition) is 7. The first-order valence-electron chi connectivity index (χ1n) is 5.45. The van der Waals surface area contributed by atoms with Crippen molar-refractivity contribution >= 4 is 16.1 Å². The van der Waals surface area contributed by atoms with Gasteiger partial charge in [0.25, 0.3) is 0 Å². The lowest BCUT2D eigenvalue weighted by Crippen LogP contribution is -2.21. The predicted molar refractivity (Wildman–Crippen MR) is 76.3 cm³/mol. The molecule has 22 heavy (non-hydrogen) atoms. The SMILES string of the molecule is C=C(C)C(=O)O.NCCN.NCCN.O=S(=O)(O)C(F)(F)F. The lowest BCUT2D eigenvalue weighted by Gasteiger charge is -1.97. The lowest BCUT2D eigenvalue weighted by atomic mass is 10.4. The fourth-order valence-electron chi connectivity index (χ4n) is 0. The van der Waals surface area contributed by atoms with Crippen molar-refractivity contribution in [1.29, 1.82) is 0 Å². The van der Waals surface area contributed by atoms with Gasteiger partial charge in [-0.3, -0.25) is 4.55 Å². The number of carboxylic acids is 1. The van der Waals surface area contributed by atoms with Crippen molar-refractivity contribution in [1.82, 2.24) is 0 Å². The van der Waals surface area contributed by atoms with E-state index in [2.05, 4.69) is 6.58 Å². The highest BCUT2D eigenvalue weighted by Gasteiger charge is 2.44. The summed E-state index contributed by atoms with van der Waals surface area (Å²) in [5.41, 5.74) is 14.3. The maximum absolute atomic E-state index is 10.7. The molecule has 0 aliphatic heterocycles. The summed E-state index contributed by atoms with van der Waals surface area (Å²) in [5, 5.41) is 7.89. The van der Waals surface area contributed by atoms with Crippen molar-refractivity contribution in [3.05, 3.63) is 12.2 Å². The molecule has 10 N–H and O–H groups in total. The number of aliphatic carboxylic acids is 1. The fourth-order valence-corrected chi connectivity index (χ4v) is 0. The number of rotatable bonds is 3. The molecule has 0 amide bonds. The van der Waals surface area contributed by atoms with Crippen LogP contribution in [0.2, 0.25) is 0 Å². The summed E-state index contributed by atoms with van der Waals surface area (Å²) in [6.07, 6.45) is 0. The molecule has 0 fully saturated rings. The lowest BCUT2D eigenvalue weighted by molar-refractivity contribution is -0.132. The van der Waals surface area contributed by atoms with Gasteiger partial charge in [0, 0.05) is 31.8 Å². The Morgan fingerprint density at radius 1 is 1.05 bits per heavy atom. The Kier molecular flexibility index (Phi) is 21.1. The van der Waals surface area contributed by atoms with Crippen LogP contribution in [-0.4, -0.2) is 55.7 Å². The third-order valence-electron chi connectivity index (χ3n) is 0.991. The third kappa shape index (κ3) is 31.2. The second-order valence-electron chi connectivity index (χ2n) is 3.16. The van der Waals surface area contributed by atoms with Crippen LogP contribution >= 0.6 is 0 Å². The van der Waals surface area contributed by atoms with Gasteiger partial charge in [0.15, 0.2) is 0 Å². The van der Waals surface area contributed by atoms with E-state index in [0.29, 0.717) is 26.2 Å². The Balaban J connectivity index is -0.000000103. The Morgan fingerprint density at radius 2 is 1.18 bits per heavy atom. The van der Waals surface area contributed by atoms with E-state index in [0.717, 1.165) is 0 Å². The van der Waals surface area contributed by atoms with Crippen LogP contribution in [0.1, 0.15) is 6.92 Å². The molecule has 9 nitrogen and oxygen atoms in total. The summed E-state index contributed by atoms with van der Waals surface area (Å²) in [7, 11) is -5.84. The third-order valence-corrected chi connectivity index (χ3v) is 1.58. The predicted octanol–water partition coefficient (Wildman–Crippen LogP) is -1.15. The zero-order valence-electron chi connectivity index (χ0n) is 12.0. The zero-order chi connectivity index (χ0) is 19.0. The molecule has 0 aromatic heterocycles. The molecule has 0 rings (SSSR count). The van der Waals surface area contributed by atoms with E-state index in [1.807, 2.05) is 0 Å². The second-order valence-corrected chi connectivity index (χ2v) is 4.57. The van der Waals surface area contributed by atoms with Crippen molar-refractivity contribution in [2.24, 2.45) is 22.9 Å². The van der Waals surface area contributed by atoms with Gasteiger partial charge in [-0.15, -0.1) is 0 Å². The fraction of sp³-hybridized carbons (Fsp3) is 0.667. The number of carboxylic acid groups (broad SMARTS) is 1. The van der Waals surface area contributed by atoms with Gasteiger partial charge in [-0.25, -0.2) is 4.79 Å². The number of carbonyl (C=O) groups is 1. The molecule has 0 aromatic carbocycles. The Morgan fingerprint density at radius 3 is 1.18 bits per heavy atom. The van der Waals surface area contributed by atoms with Crippen LogP contribution in [0.25, 0.3) is 0 Å². The van der Waals surface area contributed by atoms with Crippen LogP contribution in [0.15, 0.2) is 12.2 Å². The molecule has 0 aliphatic carbocycles. The summed E-state index contributed by atoms with van der Waals surface area (Å²) < 4.78 is 57.5. The van der Waals surface area contributed by atoms with Crippen LogP contribution in [-0.2, 0) is 14.9 Å². The van der Waals surface area contributed by atoms with Gasteiger partial charge in [0.2, 0.25) is 0 Å². The minimum absolute atomic E-state index is 0.176. The van der Waals surface area contributed by atoms with E-state index in [1.54, 1.807) is 0 Å². The number of halogens is 3. The van der Waals surface area contributed by atoms with Crippen molar-refractivity contribution < 1.29 is 36.0 Å². The molecule has 13 heteroatoms. The minimum Gasteiger partial charge on any atom is -0.478 e. The zero-order valence-corrected chi connectivity index (χ0v) is 12.8. The summed E-state index contributed by atoms with van der Waals surface area (Å²) >= 11 is 0. The maximum atomic E-state index is 10.7. The number of nitrogens with two attached hydrogens (primary N) is 4. The van der Waals surface area contributed by atoms with Crippen LogP contribution in [0, 0.1) is 0 Å². The van der Waals surface area contributed by atoms with Gasteiger partial charge >= 0.3 is 21.6 Å². The molecular weight excluding hydrogens is 333 g/mol. The maximum Gasteiger partial charge on any atom is 0.522 e. The molecule has 0 saturated heterocycles. The first-order chi connectivity index (χ1) is 9.72. The van der Waals surface area contributed by atoms with Gasteiger partial charge in [-0.1, -0.05) is 6.58 Å². The van der Waals surface area contributed by atoms with Crippen LogP contribution in [0.3, 0.4) is 0 Å². The van der Waals surface area contributed by atoms with E-state index >= 15 is 0 Å². The van der Waals surface area contributed by atoms with Gasteiger partial charge in [-0.05, 0) is 6.92 Å². The Hall–Kier alpha value is -1.25. The van der Waals surface area contributed by atoms with Crippen molar-refractivity contribution in [3.8, 4) is 0 Å². The quantitative estimate of drug-likeness (QED) is 0.205. The summed E-state index contributed by atoms with van der Waals surface area (Å²) in [5.74, 6) is -0.935. The molecule has 0 aliphatic rings. The van der Waals surface area contributed by atoms with E-state index in [1.165, 1.54) is 6.92 Å². The average molecular weight is 356 g/mol. The van der Waals surface area contributed by atoms with Crippen molar-refractivity contribution in [3.63, 3.8) is 0 Å². The van der Waals surface area contributed by atoms with Crippen molar-refractivity contribution in [2.75, 3.05) is 26.2 Å². The summed E-state index contributed by atoms with van der Waals surface area (Å²) in [6, 6.07) is 0. The van der Waals surface area contributed by atoms with Crippen LogP contribution in [0.5, 0.6) is 0 Å². The van der Waals surface area contributed by atoms with Crippen LogP contribution in [0.4, 0.5) is 13.2 Å². The van der Waals surface area contributed by atoms with Gasteiger partial charge in [-0.2, -0.15) is 21.6 Å². The Labute approximate surface area is 126 Å². The van der Waals surface area contributed by atoms with Crippen molar-refractivity contribution in [2.45, 2.75) is 12.4 Å². The molecule has 0 saturated carbocycles. The molecule has 0 unspecified atom stereocenters. The first kappa shape index (κ1) is 28.8. The van der Waals surface area contributed by atoms with E-state index in [9.17, 15) is 18.0 Å². The highest BCUT2D eigenvalue weighted by Crippen LogP contribution is 2.20. The highest BCUT2D eigenvalue weighted by molar-refractivity contribution is 7.86. The summed E-state index contributed by atoms with van der Waals surface area (Å²) in [4.78, 5) is 9.60. The van der Waals surface area contributed by atoms with Gasteiger partial charge in [0.05, 0.1) is 0 Å². The minimum atomic E-state index is -5.84. The normalized spacial score (nSPS) is 9.86. The topological polar surface area (TPSA) is 196 Å². The van der Waals surface area contributed by atoms with Gasteiger partial charge in [0.1, 0.15) is 0 Å². The van der Waals surface area contributed by atoms with E-state index in [4.69, 9.17) is 41.0 Å². The molecule has 0 heterocycles.